The number of rotatable bonds is 6. The molecule has 0 radical (unpaired) electrons. The zero-order chi connectivity index (χ0) is 18.3. The van der Waals surface area contributed by atoms with Crippen LogP contribution in [0.25, 0.3) is 0 Å². The molecule has 0 saturated carbocycles. The van der Waals surface area contributed by atoms with Crippen LogP contribution < -0.4 is 5.32 Å². The predicted molar refractivity (Wildman–Crippen MR) is 102 cm³/mol. The Morgan fingerprint density at radius 1 is 1.25 bits per heavy atom. The lowest BCUT2D eigenvalue weighted by molar-refractivity contribution is -0.127. The van der Waals surface area contributed by atoms with Crippen molar-refractivity contribution in [2.24, 2.45) is 4.99 Å². The van der Waals surface area contributed by atoms with E-state index in [0.29, 0.717) is 29.1 Å². The Hall–Kier alpha value is -1.72. The summed E-state index contributed by atoms with van der Waals surface area (Å²) >= 11 is 12.0. The van der Waals surface area contributed by atoms with Gasteiger partial charge in [-0.15, -0.1) is 0 Å². The van der Waals surface area contributed by atoms with E-state index in [0.717, 1.165) is 11.1 Å². The Kier molecular flexibility index (Phi) is 8.08. The highest BCUT2D eigenvalue weighted by atomic mass is 35.5. The first-order chi connectivity index (χ1) is 11.2. The SMILES string of the molecule is C=C(C)CNC(=NCC(=O)N(C)C)N(C)Cc1ccc(Cl)c(Cl)c1. The molecule has 0 aliphatic heterocycles. The van der Waals surface area contributed by atoms with E-state index in [9.17, 15) is 4.79 Å². The van der Waals surface area contributed by atoms with Gasteiger partial charge in [0.25, 0.3) is 0 Å². The number of carbonyl (C=O) groups excluding carboxylic acids is 1. The average molecular weight is 371 g/mol. The summed E-state index contributed by atoms with van der Waals surface area (Å²) in [6.07, 6.45) is 0. The fourth-order valence-electron chi connectivity index (χ4n) is 1.81. The van der Waals surface area contributed by atoms with Gasteiger partial charge in [0.1, 0.15) is 6.54 Å². The number of amides is 1. The van der Waals surface area contributed by atoms with E-state index in [4.69, 9.17) is 23.2 Å². The molecule has 0 aliphatic carbocycles. The van der Waals surface area contributed by atoms with Gasteiger partial charge in [-0.25, -0.2) is 4.99 Å². The normalized spacial score (nSPS) is 11.2. The molecule has 0 aromatic heterocycles. The van der Waals surface area contributed by atoms with E-state index in [1.807, 2.05) is 31.0 Å². The van der Waals surface area contributed by atoms with E-state index in [1.54, 1.807) is 20.2 Å². The minimum Gasteiger partial charge on any atom is -0.353 e. The van der Waals surface area contributed by atoms with Crippen LogP contribution in [0.15, 0.2) is 35.3 Å². The van der Waals surface area contributed by atoms with Crippen LogP contribution in [0.3, 0.4) is 0 Å². The molecule has 0 heterocycles. The van der Waals surface area contributed by atoms with Gasteiger partial charge >= 0.3 is 0 Å². The molecule has 0 atom stereocenters. The van der Waals surface area contributed by atoms with Crippen LogP contribution >= 0.6 is 23.2 Å². The average Bonchev–Trinajstić information content (AvgIpc) is 2.50. The van der Waals surface area contributed by atoms with E-state index in [2.05, 4.69) is 16.9 Å². The summed E-state index contributed by atoms with van der Waals surface area (Å²) < 4.78 is 0. The van der Waals surface area contributed by atoms with E-state index in [1.165, 1.54) is 4.90 Å². The summed E-state index contributed by atoms with van der Waals surface area (Å²) in [6.45, 7) is 7.04. The summed E-state index contributed by atoms with van der Waals surface area (Å²) in [5, 5.41) is 4.24. The van der Waals surface area contributed by atoms with E-state index < -0.39 is 0 Å². The fraction of sp³-hybridized carbons (Fsp3) is 0.412. The third-order valence-corrected chi connectivity index (χ3v) is 3.92. The molecule has 5 nitrogen and oxygen atoms in total. The molecule has 0 bridgehead atoms. The molecule has 24 heavy (non-hydrogen) atoms. The second-order valence-electron chi connectivity index (χ2n) is 5.84. The maximum Gasteiger partial charge on any atom is 0.243 e. The topological polar surface area (TPSA) is 47.9 Å². The van der Waals surface area contributed by atoms with Crippen LogP contribution in [0, 0.1) is 0 Å². The quantitative estimate of drug-likeness (QED) is 0.475. The second kappa shape index (κ2) is 9.55. The van der Waals surface area contributed by atoms with Gasteiger partial charge in [0, 0.05) is 34.2 Å². The molecule has 1 aromatic carbocycles. The molecule has 1 rings (SSSR count). The number of halogens is 2. The van der Waals surface area contributed by atoms with Crippen molar-refractivity contribution in [2.45, 2.75) is 13.5 Å². The van der Waals surface area contributed by atoms with Gasteiger partial charge in [0.05, 0.1) is 10.0 Å². The van der Waals surface area contributed by atoms with Crippen molar-refractivity contribution >= 4 is 35.1 Å². The van der Waals surface area contributed by atoms with Gasteiger partial charge in [-0.1, -0.05) is 41.4 Å². The van der Waals surface area contributed by atoms with Crippen molar-refractivity contribution in [1.29, 1.82) is 0 Å². The van der Waals surface area contributed by atoms with Crippen LogP contribution in [0.5, 0.6) is 0 Å². The molecule has 1 aromatic rings. The van der Waals surface area contributed by atoms with Crippen molar-refractivity contribution in [1.82, 2.24) is 15.1 Å². The van der Waals surface area contributed by atoms with Crippen LogP contribution in [-0.4, -0.2) is 55.9 Å². The van der Waals surface area contributed by atoms with Gasteiger partial charge in [-0.05, 0) is 24.6 Å². The first-order valence-corrected chi connectivity index (χ1v) is 8.24. The molecule has 0 unspecified atom stereocenters. The lowest BCUT2D eigenvalue weighted by Gasteiger charge is -2.23. The standard InChI is InChI=1S/C17H24Cl2N4O/c1-12(2)9-20-17(21-10-16(24)22(3)4)23(5)11-13-6-7-14(18)15(19)8-13/h6-8H,1,9-11H2,2-5H3,(H,20,21). The number of hydrogen-bond donors (Lipinski definition) is 1. The number of benzene rings is 1. The van der Waals surface area contributed by atoms with Crippen molar-refractivity contribution in [3.05, 3.63) is 46.0 Å². The maximum atomic E-state index is 11.8. The molecule has 0 saturated heterocycles. The minimum absolute atomic E-state index is 0.0624. The lowest BCUT2D eigenvalue weighted by Crippen LogP contribution is -2.40. The Morgan fingerprint density at radius 3 is 2.46 bits per heavy atom. The van der Waals surface area contributed by atoms with Gasteiger partial charge in [0.2, 0.25) is 5.91 Å². The van der Waals surface area contributed by atoms with Crippen LogP contribution in [-0.2, 0) is 11.3 Å². The number of guanidine groups is 1. The van der Waals surface area contributed by atoms with Gasteiger partial charge in [-0.3, -0.25) is 4.79 Å². The highest BCUT2D eigenvalue weighted by molar-refractivity contribution is 6.42. The molecular formula is C17H24Cl2N4O. The zero-order valence-corrected chi connectivity index (χ0v) is 16.1. The van der Waals surface area contributed by atoms with E-state index in [-0.39, 0.29) is 12.5 Å². The molecule has 132 valence electrons. The van der Waals surface area contributed by atoms with Crippen molar-refractivity contribution < 1.29 is 4.79 Å². The number of hydrogen-bond acceptors (Lipinski definition) is 2. The van der Waals surface area contributed by atoms with Crippen molar-refractivity contribution in [3.8, 4) is 0 Å². The number of carbonyl (C=O) groups is 1. The fourth-order valence-corrected chi connectivity index (χ4v) is 2.13. The Bertz CT molecular complexity index is 629. The summed E-state index contributed by atoms with van der Waals surface area (Å²) in [7, 11) is 5.31. The number of nitrogens with one attached hydrogen (secondary N) is 1. The van der Waals surface area contributed by atoms with Crippen LogP contribution in [0.2, 0.25) is 10.0 Å². The van der Waals surface area contributed by atoms with Crippen molar-refractivity contribution in [3.63, 3.8) is 0 Å². The number of likely N-dealkylation sites (N-methyl/N-ethyl adjacent to an activating group) is 1. The third kappa shape index (κ3) is 6.81. The van der Waals surface area contributed by atoms with Crippen molar-refractivity contribution in [2.75, 3.05) is 34.2 Å². The lowest BCUT2D eigenvalue weighted by atomic mass is 10.2. The Balaban J connectivity index is 2.86. The molecule has 1 amide bonds. The maximum absolute atomic E-state index is 11.8. The van der Waals surface area contributed by atoms with Crippen LogP contribution in [0.1, 0.15) is 12.5 Å². The summed E-state index contributed by atoms with van der Waals surface area (Å²) in [6, 6.07) is 5.49. The number of aliphatic imine (C=N–C) groups is 1. The molecule has 0 aliphatic rings. The molecular weight excluding hydrogens is 347 g/mol. The predicted octanol–water partition coefficient (Wildman–Crippen LogP) is 3.04. The molecule has 1 N–H and O–H groups in total. The minimum atomic E-state index is -0.0624. The second-order valence-corrected chi connectivity index (χ2v) is 6.66. The summed E-state index contributed by atoms with van der Waals surface area (Å²) in [5.74, 6) is 0.562. The number of nitrogens with zero attached hydrogens (tertiary/aromatic N) is 3. The molecule has 7 heteroatoms. The Morgan fingerprint density at radius 2 is 1.92 bits per heavy atom. The van der Waals surface area contributed by atoms with E-state index >= 15 is 0 Å². The first-order valence-electron chi connectivity index (χ1n) is 7.48. The highest BCUT2D eigenvalue weighted by Gasteiger charge is 2.10. The zero-order valence-electron chi connectivity index (χ0n) is 14.6. The molecule has 0 fully saturated rings. The van der Waals surface area contributed by atoms with Gasteiger partial charge in [-0.2, -0.15) is 0 Å². The van der Waals surface area contributed by atoms with Crippen LogP contribution in [0.4, 0.5) is 0 Å². The highest BCUT2D eigenvalue weighted by Crippen LogP contribution is 2.23. The largest absolute Gasteiger partial charge is 0.353 e. The third-order valence-electron chi connectivity index (χ3n) is 3.18. The van der Waals surface area contributed by atoms with Gasteiger partial charge < -0.3 is 15.1 Å². The monoisotopic (exact) mass is 370 g/mol. The summed E-state index contributed by atoms with van der Waals surface area (Å²) in [4.78, 5) is 19.6. The first kappa shape index (κ1) is 20.3. The Labute approximate surface area is 153 Å². The summed E-state index contributed by atoms with van der Waals surface area (Å²) in [5.41, 5.74) is 1.97. The molecule has 0 spiro atoms. The van der Waals surface area contributed by atoms with Gasteiger partial charge in [0.15, 0.2) is 5.96 Å². The smallest absolute Gasteiger partial charge is 0.243 e.